The van der Waals surface area contributed by atoms with Crippen LogP contribution in [0.5, 0.6) is 0 Å². The standard InChI is InChI=1S/C11H20O3/c1-10(2,3)14-9(12)5-8-6-11(4,13)7-8/h8,13H,5-7H2,1-4H3. The first kappa shape index (κ1) is 11.5. The Kier molecular flexibility index (Phi) is 2.91. The van der Waals surface area contributed by atoms with Gasteiger partial charge in [-0.3, -0.25) is 4.79 Å². The van der Waals surface area contributed by atoms with E-state index in [0.717, 1.165) is 0 Å². The molecule has 0 aromatic rings. The smallest absolute Gasteiger partial charge is 0.306 e. The lowest BCUT2D eigenvalue weighted by molar-refractivity contribution is -0.159. The van der Waals surface area contributed by atoms with Gasteiger partial charge in [-0.2, -0.15) is 0 Å². The Morgan fingerprint density at radius 2 is 2.00 bits per heavy atom. The number of aliphatic hydroxyl groups is 1. The van der Waals surface area contributed by atoms with Gasteiger partial charge in [-0.25, -0.2) is 0 Å². The SMILES string of the molecule is CC1(O)CC(CC(=O)OC(C)(C)C)C1. The van der Waals surface area contributed by atoms with Gasteiger partial charge >= 0.3 is 5.97 Å². The molecule has 1 saturated carbocycles. The van der Waals surface area contributed by atoms with Gasteiger partial charge in [-0.05, 0) is 46.5 Å². The molecule has 82 valence electrons. The Labute approximate surface area is 85.5 Å². The molecule has 0 aromatic carbocycles. The molecule has 0 radical (unpaired) electrons. The van der Waals surface area contributed by atoms with Gasteiger partial charge in [0.2, 0.25) is 0 Å². The number of carbonyl (C=O) groups is 1. The highest BCUT2D eigenvalue weighted by Gasteiger charge is 2.39. The second-order valence-corrected chi connectivity index (χ2v) is 5.56. The largest absolute Gasteiger partial charge is 0.460 e. The lowest BCUT2D eigenvalue weighted by Crippen LogP contribution is -2.42. The highest BCUT2D eigenvalue weighted by atomic mass is 16.6. The van der Waals surface area contributed by atoms with E-state index in [-0.39, 0.29) is 5.97 Å². The average Bonchev–Trinajstić information content (AvgIpc) is 1.76. The summed E-state index contributed by atoms with van der Waals surface area (Å²) in [6, 6.07) is 0. The van der Waals surface area contributed by atoms with E-state index in [1.165, 1.54) is 0 Å². The molecule has 0 saturated heterocycles. The van der Waals surface area contributed by atoms with Crippen LogP contribution in [0, 0.1) is 5.92 Å². The first-order chi connectivity index (χ1) is 6.18. The van der Waals surface area contributed by atoms with Crippen molar-refractivity contribution in [1.29, 1.82) is 0 Å². The first-order valence-corrected chi connectivity index (χ1v) is 5.12. The Morgan fingerprint density at radius 3 is 2.36 bits per heavy atom. The summed E-state index contributed by atoms with van der Waals surface area (Å²) in [4.78, 5) is 11.4. The summed E-state index contributed by atoms with van der Waals surface area (Å²) in [6.45, 7) is 7.39. The minimum absolute atomic E-state index is 0.155. The van der Waals surface area contributed by atoms with E-state index in [2.05, 4.69) is 0 Å². The molecule has 0 aliphatic heterocycles. The monoisotopic (exact) mass is 200 g/mol. The van der Waals surface area contributed by atoms with Crippen molar-refractivity contribution in [1.82, 2.24) is 0 Å². The van der Waals surface area contributed by atoms with Crippen LogP contribution in [0.3, 0.4) is 0 Å². The molecular formula is C11H20O3. The Balaban J connectivity index is 2.24. The van der Waals surface area contributed by atoms with E-state index in [9.17, 15) is 9.90 Å². The van der Waals surface area contributed by atoms with Gasteiger partial charge in [0.15, 0.2) is 0 Å². The van der Waals surface area contributed by atoms with Gasteiger partial charge < -0.3 is 9.84 Å². The van der Waals surface area contributed by atoms with Crippen LogP contribution in [0.25, 0.3) is 0 Å². The second-order valence-electron chi connectivity index (χ2n) is 5.56. The summed E-state index contributed by atoms with van der Waals surface area (Å²) in [5.41, 5.74) is -0.948. The maximum atomic E-state index is 11.4. The molecule has 14 heavy (non-hydrogen) atoms. The van der Waals surface area contributed by atoms with Crippen molar-refractivity contribution in [3.63, 3.8) is 0 Å². The molecule has 0 unspecified atom stereocenters. The second kappa shape index (κ2) is 3.54. The number of ether oxygens (including phenoxy) is 1. The highest BCUT2D eigenvalue weighted by molar-refractivity contribution is 5.70. The minimum Gasteiger partial charge on any atom is -0.460 e. The predicted octanol–water partition coefficient (Wildman–Crippen LogP) is 1.88. The van der Waals surface area contributed by atoms with E-state index in [0.29, 0.717) is 25.2 Å². The zero-order valence-electron chi connectivity index (χ0n) is 9.46. The average molecular weight is 200 g/mol. The molecule has 3 nitrogen and oxygen atoms in total. The number of rotatable bonds is 2. The van der Waals surface area contributed by atoms with Crippen molar-refractivity contribution in [3.05, 3.63) is 0 Å². The maximum absolute atomic E-state index is 11.4. The van der Waals surface area contributed by atoms with E-state index in [1.807, 2.05) is 20.8 Å². The molecule has 0 atom stereocenters. The molecule has 1 aliphatic carbocycles. The first-order valence-electron chi connectivity index (χ1n) is 5.12. The third-order valence-corrected chi connectivity index (χ3v) is 2.33. The molecule has 0 aromatic heterocycles. The molecule has 1 fully saturated rings. The molecule has 0 heterocycles. The number of hydrogen-bond donors (Lipinski definition) is 1. The lowest BCUT2D eigenvalue weighted by Gasteiger charge is -2.40. The number of carbonyl (C=O) groups excluding carboxylic acids is 1. The van der Waals surface area contributed by atoms with E-state index < -0.39 is 11.2 Å². The summed E-state index contributed by atoms with van der Waals surface area (Å²) >= 11 is 0. The van der Waals surface area contributed by atoms with Gasteiger partial charge in [-0.15, -0.1) is 0 Å². The van der Waals surface area contributed by atoms with Crippen LogP contribution in [0.15, 0.2) is 0 Å². The van der Waals surface area contributed by atoms with Gasteiger partial charge in [-0.1, -0.05) is 0 Å². The molecule has 1 aliphatic rings. The van der Waals surface area contributed by atoms with Gasteiger partial charge in [0.05, 0.1) is 5.60 Å². The highest BCUT2D eigenvalue weighted by Crippen LogP contribution is 2.39. The van der Waals surface area contributed by atoms with Crippen LogP contribution < -0.4 is 0 Å². The normalized spacial score (nSPS) is 32.2. The van der Waals surface area contributed by atoms with Crippen LogP contribution in [-0.4, -0.2) is 22.3 Å². The van der Waals surface area contributed by atoms with Crippen molar-refractivity contribution >= 4 is 5.97 Å². The van der Waals surface area contributed by atoms with Crippen LogP contribution >= 0.6 is 0 Å². The molecule has 1 N–H and O–H groups in total. The zero-order valence-corrected chi connectivity index (χ0v) is 9.46. The molecule has 0 bridgehead atoms. The minimum atomic E-state index is -0.549. The van der Waals surface area contributed by atoms with Crippen molar-refractivity contribution in [2.24, 2.45) is 5.92 Å². The summed E-state index contributed by atoms with van der Waals surface area (Å²) in [6.07, 6.45) is 1.87. The van der Waals surface area contributed by atoms with Crippen LogP contribution in [-0.2, 0) is 9.53 Å². The topological polar surface area (TPSA) is 46.5 Å². The molecule has 1 rings (SSSR count). The molecular weight excluding hydrogens is 180 g/mol. The number of hydrogen-bond acceptors (Lipinski definition) is 3. The van der Waals surface area contributed by atoms with Crippen LogP contribution in [0.4, 0.5) is 0 Å². The van der Waals surface area contributed by atoms with E-state index >= 15 is 0 Å². The number of esters is 1. The third kappa shape index (κ3) is 3.66. The van der Waals surface area contributed by atoms with Gasteiger partial charge in [0, 0.05) is 6.42 Å². The summed E-state index contributed by atoms with van der Waals surface area (Å²) in [5.74, 6) is 0.151. The van der Waals surface area contributed by atoms with Crippen molar-refractivity contribution in [2.75, 3.05) is 0 Å². The fourth-order valence-electron chi connectivity index (χ4n) is 1.95. The zero-order chi connectivity index (χ0) is 11.0. The summed E-state index contributed by atoms with van der Waals surface area (Å²) < 4.78 is 5.19. The third-order valence-electron chi connectivity index (χ3n) is 2.33. The fourth-order valence-corrected chi connectivity index (χ4v) is 1.95. The predicted molar refractivity (Wildman–Crippen MR) is 53.8 cm³/mol. The molecule has 3 heteroatoms. The van der Waals surface area contributed by atoms with E-state index in [1.54, 1.807) is 6.92 Å². The van der Waals surface area contributed by atoms with Gasteiger partial charge in [0.25, 0.3) is 0 Å². The van der Waals surface area contributed by atoms with Crippen molar-refractivity contribution < 1.29 is 14.6 Å². The van der Waals surface area contributed by atoms with Gasteiger partial charge in [0.1, 0.15) is 5.60 Å². The summed E-state index contributed by atoms with van der Waals surface area (Å²) in [5, 5.41) is 9.48. The maximum Gasteiger partial charge on any atom is 0.306 e. The lowest BCUT2D eigenvalue weighted by atomic mass is 9.71. The van der Waals surface area contributed by atoms with Crippen LogP contribution in [0.2, 0.25) is 0 Å². The Bertz CT molecular complexity index is 217. The van der Waals surface area contributed by atoms with Crippen molar-refractivity contribution in [3.8, 4) is 0 Å². The Morgan fingerprint density at radius 1 is 1.50 bits per heavy atom. The molecule has 0 amide bonds. The van der Waals surface area contributed by atoms with Crippen LogP contribution in [0.1, 0.15) is 47.0 Å². The van der Waals surface area contributed by atoms with Crippen molar-refractivity contribution in [2.45, 2.75) is 58.2 Å². The fraction of sp³-hybridized carbons (Fsp3) is 0.909. The Hall–Kier alpha value is -0.570. The van der Waals surface area contributed by atoms with E-state index in [4.69, 9.17) is 4.74 Å². The quantitative estimate of drug-likeness (QED) is 0.692. The molecule has 0 spiro atoms. The summed E-state index contributed by atoms with van der Waals surface area (Å²) in [7, 11) is 0.